The maximum absolute atomic E-state index is 13.9. The maximum atomic E-state index is 13.9. The fourth-order valence-corrected chi connectivity index (χ4v) is 4.58. The summed E-state index contributed by atoms with van der Waals surface area (Å²) in [6, 6.07) is 13.9. The number of hydrogen-bond acceptors (Lipinski definition) is 4. The van der Waals surface area contributed by atoms with E-state index in [-0.39, 0.29) is 11.7 Å². The van der Waals surface area contributed by atoms with Crippen molar-refractivity contribution in [1.82, 2.24) is 4.90 Å². The Hall–Kier alpha value is -3.71. The molecule has 2 N–H and O–H groups in total. The van der Waals surface area contributed by atoms with E-state index in [1.165, 1.54) is 13.2 Å². The predicted molar refractivity (Wildman–Crippen MR) is 122 cm³/mol. The van der Waals surface area contributed by atoms with Crippen molar-refractivity contribution >= 4 is 11.8 Å². The summed E-state index contributed by atoms with van der Waals surface area (Å²) in [5, 5.41) is 0. The first-order valence-electron chi connectivity index (χ1n) is 10.8. The van der Waals surface area contributed by atoms with Gasteiger partial charge in [0.25, 0.3) is 5.91 Å². The smallest absolute Gasteiger partial charge is 0.254 e. The van der Waals surface area contributed by atoms with E-state index >= 15 is 0 Å². The van der Waals surface area contributed by atoms with Crippen LogP contribution in [0.5, 0.6) is 5.75 Å². The molecule has 168 valence electrons. The summed E-state index contributed by atoms with van der Waals surface area (Å²) in [4.78, 5) is 27.1. The van der Waals surface area contributed by atoms with Crippen LogP contribution >= 0.6 is 0 Å². The van der Waals surface area contributed by atoms with Crippen LogP contribution in [-0.4, -0.2) is 50.1 Å². The van der Waals surface area contributed by atoms with Gasteiger partial charge in [0.15, 0.2) is 11.6 Å². The molecule has 3 aromatic rings. The second kappa shape index (κ2) is 8.33. The largest absolute Gasteiger partial charge is 0.494 e. The number of hydrogen-bond donors (Lipinski definition) is 1. The quantitative estimate of drug-likeness (QED) is 0.519. The number of ether oxygens (including phenoxy) is 2. The van der Waals surface area contributed by atoms with Crippen LogP contribution in [0.15, 0.2) is 48.5 Å². The molecule has 2 aliphatic rings. The Morgan fingerprint density at radius 3 is 2.52 bits per heavy atom. The highest BCUT2D eigenvalue weighted by Gasteiger charge is 2.27. The molecule has 3 aromatic carbocycles. The monoisotopic (exact) mass is 446 g/mol. The summed E-state index contributed by atoms with van der Waals surface area (Å²) < 4.78 is 24.4. The zero-order chi connectivity index (χ0) is 23.1. The summed E-state index contributed by atoms with van der Waals surface area (Å²) in [6.45, 7) is 2.20. The minimum absolute atomic E-state index is 0.0379. The number of carbonyl (C=O) groups excluding carboxylic acids is 2. The Bertz CT molecular complexity index is 1280. The molecule has 0 radical (unpaired) electrons. The molecule has 1 saturated heterocycles. The van der Waals surface area contributed by atoms with Gasteiger partial charge in [-0.3, -0.25) is 9.59 Å². The van der Waals surface area contributed by atoms with Crippen molar-refractivity contribution in [3.8, 4) is 28.0 Å². The van der Waals surface area contributed by atoms with E-state index < -0.39 is 11.7 Å². The minimum atomic E-state index is -0.528. The number of rotatable bonds is 4. The van der Waals surface area contributed by atoms with Gasteiger partial charge in [-0.25, -0.2) is 4.39 Å². The SMILES string of the molecule is COc1cc(-c2cc(C(N)=O)c3c(c2)-c2cc(C(=O)N4CCOCC4)ccc2C3)ccc1F. The predicted octanol–water partition coefficient (Wildman–Crippen LogP) is 3.64. The first kappa shape index (κ1) is 21.2. The van der Waals surface area contributed by atoms with Crippen molar-refractivity contribution in [2.75, 3.05) is 33.4 Å². The van der Waals surface area contributed by atoms with Crippen molar-refractivity contribution in [3.05, 3.63) is 76.6 Å². The third-order valence-electron chi connectivity index (χ3n) is 6.31. The Labute approximate surface area is 190 Å². The number of fused-ring (bicyclic) bond motifs is 3. The van der Waals surface area contributed by atoms with E-state index in [2.05, 4.69) is 0 Å². The van der Waals surface area contributed by atoms with Crippen molar-refractivity contribution in [3.63, 3.8) is 0 Å². The van der Waals surface area contributed by atoms with Crippen molar-refractivity contribution in [2.45, 2.75) is 6.42 Å². The summed E-state index contributed by atoms with van der Waals surface area (Å²) >= 11 is 0. The molecule has 0 saturated carbocycles. The zero-order valence-electron chi connectivity index (χ0n) is 18.2. The number of benzene rings is 3. The van der Waals surface area contributed by atoms with E-state index in [9.17, 15) is 14.0 Å². The first-order chi connectivity index (χ1) is 16.0. The summed E-state index contributed by atoms with van der Waals surface area (Å²) in [5.41, 5.74) is 11.8. The molecular weight excluding hydrogens is 423 g/mol. The zero-order valence-corrected chi connectivity index (χ0v) is 18.2. The highest BCUT2D eigenvalue weighted by molar-refractivity contribution is 6.01. The Morgan fingerprint density at radius 2 is 1.79 bits per heavy atom. The molecule has 7 heteroatoms. The standard InChI is InChI=1S/C26H23FN2O4/c1-32-24-14-15(4-5-23(24)27)18-12-20-19-11-17(26(31)29-6-8-33-9-7-29)3-2-16(19)10-21(20)22(13-18)25(28)30/h2-5,11-14H,6-10H2,1H3,(H2,28,30). The van der Waals surface area contributed by atoms with Gasteiger partial charge in [0.1, 0.15) is 0 Å². The van der Waals surface area contributed by atoms with E-state index in [0.717, 1.165) is 27.8 Å². The lowest BCUT2D eigenvalue weighted by molar-refractivity contribution is 0.0303. The molecule has 2 amide bonds. The Balaban J connectivity index is 1.61. The van der Waals surface area contributed by atoms with Crippen LogP contribution in [0.1, 0.15) is 31.8 Å². The maximum Gasteiger partial charge on any atom is 0.254 e. The highest BCUT2D eigenvalue weighted by Crippen LogP contribution is 2.42. The topological polar surface area (TPSA) is 81.9 Å². The van der Waals surface area contributed by atoms with Crippen LogP contribution < -0.4 is 10.5 Å². The third-order valence-corrected chi connectivity index (χ3v) is 6.31. The number of nitrogens with two attached hydrogens (primary N) is 1. The van der Waals surface area contributed by atoms with Gasteiger partial charge >= 0.3 is 0 Å². The number of primary amides is 1. The minimum Gasteiger partial charge on any atom is -0.494 e. The van der Waals surface area contributed by atoms with Crippen LogP contribution in [-0.2, 0) is 11.2 Å². The molecular formula is C26H23FN2O4. The number of halogens is 1. The van der Waals surface area contributed by atoms with Crippen LogP contribution in [0, 0.1) is 5.82 Å². The second-order valence-electron chi connectivity index (χ2n) is 8.22. The number of nitrogens with zero attached hydrogens (tertiary/aromatic N) is 1. The normalized spacial score (nSPS) is 14.5. The van der Waals surface area contributed by atoms with E-state index in [1.807, 2.05) is 24.3 Å². The molecule has 0 bridgehead atoms. The molecule has 1 heterocycles. The van der Waals surface area contributed by atoms with Gasteiger partial charge in [0.2, 0.25) is 5.91 Å². The van der Waals surface area contributed by atoms with Crippen molar-refractivity contribution in [2.24, 2.45) is 5.73 Å². The Morgan fingerprint density at radius 1 is 1.00 bits per heavy atom. The average molecular weight is 446 g/mol. The fraction of sp³-hybridized carbons (Fsp3) is 0.231. The average Bonchev–Trinajstić information content (AvgIpc) is 3.21. The van der Waals surface area contributed by atoms with Gasteiger partial charge in [-0.15, -0.1) is 0 Å². The van der Waals surface area contributed by atoms with Crippen LogP contribution in [0.25, 0.3) is 22.3 Å². The lowest BCUT2D eigenvalue weighted by Gasteiger charge is -2.27. The summed E-state index contributed by atoms with van der Waals surface area (Å²) in [7, 11) is 1.41. The number of carbonyl (C=O) groups is 2. The molecule has 1 aliphatic carbocycles. The van der Waals surface area contributed by atoms with Crippen LogP contribution in [0.3, 0.4) is 0 Å². The van der Waals surface area contributed by atoms with Crippen LogP contribution in [0.2, 0.25) is 0 Å². The lowest BCUT2D eigenvalue weighted by Crippen LogP contribution is -2.40. The first-order valence-corrected chi connectivity index (χ1v) is 10.8. The molecule has 0 atom stereocenters. The van der Waals surface area contributed by atoms with E-state index in [4.69, 9.17) is 15.2 Å². The van der Waals surface area contributed by atoms with Crippen molar-refractivity contribution < 1.29 is 23.5 Å². The Kier molecular flexibility index (Phi) is 5.34. The molecule has 0 unspecified atom stereocenters. The van der Waals surface area contributed by atoms with Gasteiger partial charge in [0, 0.05) is 24.2 Å². The molecule has 1 fully saturated rings. The summed E-state index contributed by atoms with van der Waals surface area (Å²) in [5.74, 6) is -0.912. The van der Waals surface area contributed by atoms with E-state index in [0.29, 0.717) is 49.4 Å². The van der Waals surface area contributed by atoms with Gasteiger partial charge < -0.3 is 20.1 Å². The van der Waals surface area contributed by atoms with Crippen LogP contribution in [0.4, 0.5) is 4.39 Å². The molecule has 0 spiro atoms. The number of morpholine rings is 1. The van der Waals surface area contributed by atoms with Gasteiger partial charge in [0.05, 0.1) is 20.3 Å². The lowest BCUT2D eigenvalue weighted by atomic mass is 9.93. The third kappa shape index (κ3) is 3.74. The van der Waals surface area contributed by atoms with Gasteiger partial charge in [-0.2, -0.15) is 0 Å². The fourth-order valence-electron chi connectivity index (χ4n) is 4.58. The summed E-state index contributed by atoms with van der Waals surface area (Å²) in [6.07, 6.45) is 0.558. The molecule has 1 aliphatic heterocycles. The molecule has 5 rings (SSSR count). The molecule has 6 nitrogen and oxygen atoms in total. The van der Waals surface area contributed by atoms with Gasteiger partial charge in [-0.05, 0) is 76.2 Å². The highest BCUT2D eigenvalue weighted by atomic mass is 19.1. The molecule has 33 heavy (non-hydrogen) atoms. The van der Waals surface area contributed by atoms with Crippen molar-refractivity contribution in [1.29, 1.82) is 0 Å². The number of amides is 2. The number of methoxy groups -OCH3 is 1. The molecule has 0 aromatic heterocycles. The van der Waals surface area contributed by atoms with Gasteiger partial charge in [-0.1, -0.05) is 12.1 Å². The van der Waals surface area contributed by atoms with E-state index in [1.54, 1.807) is 23.1 Å². The second-order valence-corrected chi connectivity index (χ2v) is 8.22.